The number of aromatic nitrogens is 1. The van der Waals surface area contributed by atoms with E-state index in [1.807, 2.05) is 24.3 Å². The molecule has 0 radical (unpaired) electrons. The van der Waals surface area contributed by atoms with Crippen molar-refractivity contribution in [3.05, 3.63) is 64.2 Å². The molecule has 1 aromatic heterocycles. The standard InChI is InChI=1S/C16H12N2O4/c19-15(20)9-13-12-6-1-2-7-14(12)17-16(13)10-4-3-5-11(8-10)18(21)22/h1-8,17H,9H2,(H,19,20). The Bertz CT molecular complexity index is 883. The van der Waals surface area contributed by atoms with Crippen molar-refractivity contribution in [2.45, 2.75) is 6.42 Å². The number of carboxylic acids is 1. The van der Waals surface area contributed by atoms with E-state index < -0.39 is 10.9 Å². The van der Waals surface area contributed by atoms with Gasteiger partial charge in [-0.25, -0.2) is 0 Å². The third-order valence-electron chi connectivity index (χ3n) is 3.49. The Morgan fingerprint density at radius 3 is 2.68 bits per heavy atom. The van der Waals surface area contributed by atoms with E-state index in [0.29, 0.717) is 16.8 Å². The summed E-state index contributed by atoms with van der Waals surface area (Å²) in [6.45, 7) is 0. The van der Waals surface area contributed by atoms with Gasteiger partial charge in [-0.2, -0.15) is 0 Å². The molecule has 0 spiro atoms. The fourth-order valence-corrected chi connectivity index (χ4v) is 2.56. The molecule has 1 heterocycles. The number of non-ortho nitro benzene ring substituents is 1. The van der Waals surface area contributed by atoms with E-state index in [9.17, 15) is 14.9 Å². The number of para-hydroxylation sites is 1. The van der Waals surface area contributed by atoms with Gasteiger partial charge >= 0.3 is 5.97 Å². The zero-order valence-corrected chi connectivity index (χ0v) is 11.4. The molecule has 0 fully saturated rings. The molecule has 0 aliphatic rings. The van der Waals surface area contributed by atoms with Crippen molar-refractivity contribution in [1.82, 2.24) is 4.98 Å². The number of hydrogen-bond donors (Lipinski definition) is 2. The molecule has 0 amide bonds. The lowest BCUT2D eigenvalue weighted by Gasteiger charge is -2.03. The minimum Gasteiger partial charge on any atom is -0.481 e. The van der Waals surface area contributed by atoms with Crippen molar-refractivity contribution in [1.29, 1.82) is 0 Å². The maximum absolute atomic E-state index is 11.1. The van der Waals surface area contributed by atoms with E-state index in [1.54, 1.807) is 12.1 Å². The van der Waals surface area contributed by atoms with Crippen LogP contribution in [0, 0.1) is 10.1 Å². The smallest absolute Gasteiger partial charge is 0.307 e. The molecule has 6 nitrogen and oxygen atoms in total. The first kappa shape index (κ1) is 13.8. The highest BCUT2D eigenvalue weighted by Crippen LogP contribution is 2.32. The molecule has 0 saturated heterocycles. The third-order valence-corrected chi connectivity index (χ3v) is 3.49. The molecule has 0 saturated carbocycles. The van der Waals surface area contributed by atoms with Gasteiger partial charge in [-0.15, -0.1) is 0 Å². The summed E-state index contributed by atoms with van der Waals surface area (Å²) >= 11 is 0. The van der Waals surface area contributed by atoms with Crippen molar-refractivity contribution in [3.8, 4) is 11.3 Å². The van der Waals surface area contributed by atoms with Crippen LogP contribution >= 0.6 is 0 Å². The average Bonchev–Trinajstić information content (AvgIpc) is 2.86. The number of hydrogen-bond acceptors (Lipinski definition) is 3. The van der Waals surface area contributed by atoms with Gasteiger partial charge in [0, 0.05) is 28.6 Å². The number of rotatable bonds is 4. The first-order valence-corrected chi connectivity index (χ1v) is 6.62. The lowest BCUT2D eigenvalue weighted by atomic mass is 10.0. The molecule has 0 bridgehead atoms. The second-order valence-electron chi connectivity index (χ2n) is 4.90. The number of nitro benzene ring substituents is 1. The number of aliphatic carboxylic acids is 1. The molecule has 0 atom stereocenters. The summed E-state index contributed by atoms with van der Waals surface area (Å²) in [7, 11) is 0. The lowest BCUT2D eigenvalue weighted by Crippen LogP contribution is -2.01. The molecule has 0 aliphatic heterocycles. The molecule has 2 N–H and O–H groups in total. The number of nitro groups is 1. The fraction of sp³-hybridized carbons (Fsp3) is 0.0625. The Balaban J connectivity index is 2.23. The first-order valence-electron chi connectivity index (χ1n) is 6.62. The predicted molar refractivity (Wildman–Crippen MR) is 81.7 cm³/mol. The Morgan fingerprint density at radius 2 is 1.95 bits per heavy atom. The summed E-state index contributed by atoms with van der Waals surface area (Å²) < 4.78 is 0. The minimum absolute atomic E-state index is 0.0302. The van der Waals surface area contributed by atoms with Crippen LogP contribution < -0.4 is 0 Å². The first-order chi connectivity index (χ1) is 10.6. The SMILES string of the molecule is O=C(O)Cc1c(-c2cccc([N+](=O)[O-])c2)[nH]c2ccccc12. The van der Waals surface area contributed by atoms with Gasteiger partial charge in [-0.3, -0.25) is 14.9 Å². The van der Waals surface area contributed by atoms with Crippen LogP contribution in [0.15, 0.2) is 48.5 Å². The van der Waals surface area contributed by atoms with Crippen LogP contribution in [-0.2, 0) is 11.2 Å². The molecule has 22 heavy (non-hydrogen) atoms. The summed E-state index contributed by atoms with van der Waals surface area (Å²) in [6, 6.07) is 13.5. The summed E-state index contributed by atoms with van der Waals surface area (Å²) in [5.41, 5.74) is 2.61. The van der Waals surface area contributed by atoms with Crippen LogP contribution in [0.25, 0.3) is 22.2 Å². The maximum Gasteiger partial charge on any atom is 0.307 e. The molecule has 0 unspecified atom stereocenters. The van der Waals surface area contributed by atoms with Gasteiger partial charge in [-0.1, -0.05) is 30.3 Å². The van der Waals surface area contributed by atoms with Crippen molar-refractivity contribution in [2.24, 2.45) is 0 Å². The molecular weight excluding hydrogens is 284 g/mol. The number of aromatic amines is 1. The van der Waals surface area contributed by atoms with Crippen molar-refractivity contribution in [2.75, 3.05) is 0 Å². The van der Waals surface area contributed by atoms with Gasteiger partial charge in [0.25, 0.3) is 5.69 Å². The zero-order chi connectivity index (χ0) is 15.7. The number of carbonyl (C=O) groups is 1. The van der Waals surface area contributed by atoms with Crippen LogP contribution in [0.3, 0.4) is 0 Å². The van der Waals surface area contributed by atoms with E-state index in [1.165, 1.54) is 12.1 Å². The van der Waals surface area contributed by atoms with E-state index in [0.717, 1.165) is 10.9 Å². The summed E-state index contributed by atoms with van der Waals surface area (Å²) in [5, 5.41) is 20.9. The van der Waals surface area contributed by atoms with Crippen molar-refractivity contribution < 1.29 is 14.8 Å². The lowest BCUT2D eigenvalue weighted by molar-refractivity contribution is -0.384. The normalized spacial score (nSPS) is 10.7. The van der Waals surface area contributed by atoms with Crippen molar-refractivity contribution >= 4 is 22.6 Å². The van der Waals surface area contributed by atoms with Gasteiger partial charge in [0.2, 0.25) is 0 Å². The highest BCUT2D eigenvalue weighted by atomic mass is 16.6. The Labute approximate surface area is 125 Å². The van der Waals surface area contributed by atoms with Crippen LogP contribution in [0.2, 0.25) is 0 Å². The largest absolute Gasteiger partial charge is 0.481 e. The highest BCUT2D eigenvalue weighted by Gasteiger charge is 2.17. The Morgan fingerprint density at radius 1 is 1.18 bits per heavy atom. The molecule has 110 valence electrons. The number of carboxylic acid groups (broad SMARTS) is 1. The van der Waals surface area contributed by atoms with Crippen LogP contribution in [0.1, 0.15) is 5.56 Å². The van der Waals surface area contributed by atoms with E-state index in [4.69, 9.17) is 5.11 Å². The topological polar surface area (TPSA) is 96.2 Å². The Kier molecular flexibility index (Phi) is 3.34. The number of fused-ring (bicyclic) bond motifs is 1. The van der Waals surface area contributed by atoms with Crippen LogP contribution in [-0.4, -0.2) is 21.0 Å². The van der Waals surface area contributed by atoms with Crippen LogP contribution in [0.4, 0.5) is 5.69 Å². The molecule has 3 rings (SSSR count). The molecule has 3 aromatic rings. The third kappa shape index (κ3) is 2.42. The Hall–Kier alpha value is -3.15. The maximum atomic E-state index is 11.1. The number of benzene rings is 2. The molecule has 6 heteroatoms. The second kappa shape index (κ2) is 5.33. The molecular formula is C16H12N2O4. The quantitative estimate of drug-likeness (QED) is 0.570. The number of H-pyrrole nitrogens is 1. The molecule has 2 aromatic carbocycles. The predicted octanol–water partition coefficient (Wildman–Crippen LogP) is 3.37. The van der Waals surface area contributed by atoms with Crippen LogP contribution in [0.5, 0.6) is 0 Å². The highest BCUT2D eigenvalue weighted by molar-refractivity contribution is 5.94. The summed E-state index contributed by atoms with van der Waals surface area (Å²) in [5.74, 6) is -0.948. The van der Waals surface area contributed by atoms with E-state index in [2.05, 4.69) is 4.98 Å². The fourth-order valence-electron chi connectivity index (χ4n) is 2.56. The van der Waals surface area contributed by atoms with Gasteiger partial charge in [0.05, 0.1) is 17.0 Å². The second-order valence-corrected chi connectivity index (χ2v) is 4.90. The molecule has 0 aliphatic carbocycles. The van der Waals surface area contributed by atoms with Crippen molar-refractivity contribution in [3.63, 3.8) is 0 Å². The van der Waals surface area contributed by atoms with Gasteiger partial charge in [-0.05, 0) is 11.6 Å². The monoisotopic (exact) mass is 296 g/mol. The average molecular weight is 296 g/mol. The van der Waals surface area contributed by atoms with Gasteiger partial charge in [0.15, 0.2) is 0 Å². The zero-order valence-electron chi connectivity index (χ0n) is 11.4. The minimum atomic E-state index is -0.948. The number of nitrogens with zero attached hydrogens (tertiary/aromatic N) is 1. The van der Waals surface area contributed by atoms with Gasteiger partial charge in [0.1, 0.15) is 0 Å². The number of nitrogens with one attached hydrogen (secondary N) is 1. The van der Waals surface area contributed by atoms with E-state index in [-0.39, 0.29) is 12.1 Å². The van der Waals surface area contributed by atoms with Gasteiger partial charge < -0.3 is 10.1 Å². The summed E-state index contributed by atoms with van der Waals surface area (Å²) in [6.07, 6.45) is -0.151. The van der Waals surface area contributed by atoms with E-state index >= 15 is 0 Å². The summed E-state index contributed by atoms with van der Waals surface area (Å²) in [4.78, 5) is 24.8.